The first kappa shape index (κ1) is 24.6. The molecule has 0 bridgehead atoms. The van der Waals surface area contributed by atoms with Gasteiger partial charge in [0, 0.05) is 25.3 Å². The maximum atomic E-state index is 13.1. The monoisotopic (exact) mass is 482 g/mol. The number of fused-ring (bicyclic) bond motifs is 1. The van der Waals surface area contributed by atoms with Crippen LogP contribution >= 0.6 is 0 Å². The van der Waals surface area contributed by atoms with Gasteiger partial charge in [-0.25, -0.2) is 4.79 Å². The smallest absolute Gasteiger partial charge is 0.416 e. The lowest BCUT2D eigenvalue weighted by molar-refractivity contribution is -0.137. The Labute approximate surface area is 203 Å². The van der Waals surface area contributed by atoms with E-state index >= 15 is 0 Å². The molecule has 0 saturated carbocycles. The molecule has 0 unspecified atom stereocenters. The van der Waals surface area contributed by atoms with Gasteiger partial charge in [-0.3, -0.25) is 0 Å². The number of rotatable bonds is 4. The van der Waals surface area contributed by atoms with E-state index in [0.717, 1.165) is 40.1 Å². The van der Waals surface area contributed by atoms with Gasteiger partial charge in [0.1, 0.15) is 5.60 Å². The number of ether oxygens (including phenoxy) is 1. The zero-order valence-electron chi connectivity index (χ0n) is 20.1. The summed E-state index contributed by atoms with van der Waals surface area (Å²) < 4.78 is 44.9. The van der Waals surface area contributed by atoms with Crippen LogP contribution in [0.15, 0.2) is 66.7 Å². The van der Waals surface area contributed by atoms with Crippen LogP contribution in [0.3, 0.4) is 0 Å². The van der Waals surface area contributed by atoms with Crippen molar-refractivity contribution >= 4 is 11.8 Å². The number of alkyl halides is 3. The number of para-hydroxylation sites is 1. The van der Waals surface area contributed by atoms with Gasteiger partial charge in [-0.1, -0.05) is 36.4 Å². The second kappa shape index (κ2) is 9.64. The number of nitrogens with zero attached hydrogens (tertiary/aromatic N) is 1. The van der Waals surface area contributed by atoms with E-state index in [4.69, 9.17) is 4.74 Å². The molecule has 3 aromatic rings. The Bertz CT molecular complexity index is 1180. The molecule has 1 heterocycles. The Morgan fingerprint density at radius 2 is 1.66 bits per heavy atom. The van der Waals surface area contributed by atoms with Gasteiger partial charge in [-0.15, -0.1) is 0 Å². The van der Waals surface area contributed by atoms with E-state index in [-0.39, 0.29) is 6.09 Å². The largest absolute Gasteiger partial charge is 0.444 e. The molecule has 0 fully saturated rings. The molecule has 0 aliphatic carbocycles. The zero-order chi connectivity index (χ0) is 25.2. The minimum absolute atomic E-state index is 0.367. The molecule has 7 heteroatoms. The molecule has 0 spiro atoms. The highest BCUT2D eigenvalue weighted by atomic mass is 19.4. The quantitative estimate of drug-likeness (QED) is 0.425. The maximum absolute atomic E-state index is 13.1. The van der Waals surface area contributed by atoms with Crippen molar-refractivity contribution in [3.63, 3.8) is 0 Å². The first-order chi connectivity index (χ1) is 16.5. The Hall–Kier alpha value is -3.48. The van der Waals surface area contributed by atoms with Crippen LogP contribution in [0.5, 0.6) is 0 Å². The highest BCUT2D eigenvalue weighted by Gasteiger charge is 2.30. The second-order valence-electron chi connectivity index (χ2n) is 9.72. The summed E-state index contributed by atoms with van der Waals surface area (Å²) in [4.78, 5) is 14.3. The van der Waals surface area contributed by atoms with Gasteiger partial charge in [-0.2, -0.15) is 13.2 Å². The van der Waals surface area contributed by atoms with E-state index in [9.17, 15) is 18.0 Å². The Balaban J connectivity index is 1.67. The van der Waals surface area contributed by atoms with E-state index in [1.807, 2.05) is 57.2 Å². The summed E-state index contributed by atoms with van der Waals surface area (Å²) >= 11 is 0. The molecule has 4 nitrogen and oxygen atoms in total. The summed E-state index contributed by atoms with van der Waals surface area (Å²) in [5.41, 5.74) is 4.31. The lowest BCUT2D eigenvalue weighted by Crippen LogP contribution is -2.40. The summed E-state index contributed by atoms with van der Waals surface area (Å²) in [6.07, 6.45) is -4.07. The van der Waals surface area contributed by atoms with Crippen molar-refractivity contribution in [2.45, 2.75) is 52.1 Å². The number of hydrogen-bond acceptors (Lipinski definition) is 3. The van der Waals surface area contributed by atoms with Gasteiger partial charge in [0.25, 0.3) is 0 Å². The van der Waals surface area contributed by atoms with Crippen molar-refractivity contribution in [3.05, 3.63) is 89.0 Å². The summed E-state index contributed by atoms with van der Waals surface area (Å²) in [6.45, 7) is 6.95. The molecule has 0 saturated heterocycles. The predicted molar refractivity (Wildman–Crippen MR) is 131 cm³/mol. The summed E-state index contributed by atoms with van der Waals surface area (Å²) in [5, 5.41) is 3.40. The number of nitrogens with one attached hydrogen (secondary N) is 1. The number of benzene rings is 3. The molecule has 184 valence electrons. The number of halogens is 3. The fourth-order valence-electron chi connectivity index (χ4n) is 4.15. The third-order valence-corrected chi connectivity index (χ3v) is 5.87. The molecule has 35 heavy (non-hydrogen) atoms. The fourth-order valence-corrected chi connectivity index (χ4v) is 4.15. The fraction of sp³-hybridized carbons (Fsp3) is 0.321. The first-order valence-electron chi connectivity index (χ1n) is 11.6. The topological polar surface area (TPSA) is 41.6 Å². The summed E-state index contributed by atoms with van der Waals surface area (Å²) in [6, 6.07) is 19.1. The maximum Gasteiger partial charge on any atom is 0.416 e. The first-order valence-corrected chi connectivity index (χ1v) is 11.6. The summed E-state index contributed by atoms with van der Waals surface area (Å²) in [7, 11) is 0. The molecular weight excluding hydrogens is 453 g/mol. The van der Waals surface area contributed by atoms with E-state index in [1.54, 1.807) is 4.90 Å². The highest BCUT2D eigenvalue weighted by molar-refractivity contribution is 5.72. The number of carbonyl (C=O) groups excluding carboxylic acids is 1. The van der Waals surface area contributed by atoms with Gasteiger partial charge in [0.05, 0.1) is 5.56 Å². The van der Waals surface area contributed by atoms with Gasteiger partial charge in [-0.05, 0) is 85.3 Å². The van der Waals surface area contributed by atoms with Crippen molar-refractivity contribution in [2.75, 3.05) is 11.9 Å². The van der Waals surface area contributed by atoms with Gasteiger partial charge >= 0.3 is 12.3 Å². The molecule has 1 aliphatic heterocycles. The van der Waals surface area contributed by atoms with Crippen molar-refractivity contribution in [2.24, 2.45) is 0 Å². The average molecular weight is 483 g/mol. The van der Waals surface area contributed by atoms with Crippen LogP contribution in [-0.2, 0) is 30.4 Å². The van der Waals surface area contributed by atoms with Gasteiger partial charge in [0.2, 0.25) is 0 Å². The van der Waals surface area contributed by atoms with Crippen LogP contribution in [0.1, 0.15) is 43.0 Å². The standard InChI is InChI=1S/C28H29F3N2O2/c1-27(2,3)35-26(34)33-14-13-20-15-21(17-32-24-7-5-4-6-8-24)25(16-22(20)18-33)19-9-11-23(12-10-19)28(29,30)31/h4-12,15-16,32H,13-14,17-18H2,1-3H3. The van der Waals surface area contributed by atoms with Crippen molar-refractivity contribution in [1.29, 1.82) is 0 Å². The lowest BCUT2D eigenvalue weighted by atomic mass is 9.90. The minimum atomic E-state index is -4.39. The molecular formula is C28H29F3N2O2. The molecule has 3 aromatic carbocycles. The van der Waals surface area contributed by atoms with Crippen molar-refractivity contribution in [1.82, 2.24) is 4.90 Å². The van der Waals surface area contributed by atoms with E-state index in [2.05, 4.69) is 11.4 Å². The number of hydrogen-bond donors (Lipinski definition) is 1. The third-order valence-electron chi connectivity index (χ3n) is 5.87. The molecule has 0 radical (unpaired) electrons. The average Bonchev–Trinajstić information content (AvgIpc) is 2.81. The van der Waals surface area contributed by atoms with Gasteiger partial charge in [0.15, 0.2) is 0 Å². The van der Waals surface area contributed by atoms with Crippen molar-refractivity contribution < 1.29 is 22.7 Å². The molecule has 1 aliphatic rings. The van der Waals surface area contributed by atoms with Crippen molar-refractivity contribution in [3.8, 4) is 11.1 Å². The third kappa shape index (κ3) is 6.15. The molecule has 0 aromatic heterocycles. The number of anilines is 1. The minimum Gasteiger partial charge on any atom is -0.444 e. The van der Waals surface area contributed by atoms with Crippen LogP contribution in [0.25, 0.3) is 11.1 Å². The second-order valence-corrected chi connectivity index (χ2v) is 9.72. The Morgan fingerprint density at radius 3 is 2.29 bits per heavy atom. The SMILES string of the molecule is CC(C)(C)OC(=O)N1CCc2cc(CNc3ccccc3)c(-c3ccc(C(F)(F)F)cc3)cc2C1. The number of amides is 1. The van der Waals surface area contributed by atoms with Gasteiger partial charge < -0.3 is 15.0 Å². The van der Waals surface area contributed by atoms with E-state index in [1.165, 1.54) is 12.1 Å². The van der Waals surface area contributed by atoms with Crippen LogP contribution in [0.4, 0.5) is 23.7 Å². The van der Waals surface area contributed by atoms with E-state index in [0.29, 0.717) is 31.6 Å². The van der Waals surface area contributed by atoms with Crippen LogP contribution < -0.4 is 5.32 Å². The molecule has 4 rings (SSSR count). The van der Waals surface area contributed by atoms with Crippen LogP contribution in [0.2, 0.25) is 0 Å². The normalized spacial score (nSPS) is 13.8. The Morgan fingerprint density at radius 1 is 0.971 bits per heavy atom. The lowest BCUT2D eigenvalue weighted by Gasteiger charge is -2.32. The van der Waals surface area contributed by atoms with E-state index < -0.39 is 17.3 Å². The van der Waals surface area contributed by atoms with Crippen LogP contribution in [0, 0.1) is 0 Å². The molecule has 0 atom stereocenters. The highest BCUT2D eigenvalue weighted by Crippen LogP contribution is 2.34. The Kier molecular flexibility index (Phi) is 6.79. The summed E-state index contributed by atoms with van der Waals surface area (Å²) in [5.74, 6) is 0. The molecule has 1 N–H and O–H groups in total. The van der Waals surface area contributed by atoms with Crippen LogP contribution in [-0.4, -0.2) is 23.1 Å². The zero-order valence-corrected chi connectivity index (χ0v) is 20.1. The predicted octanol–water partition coefficient (Wildman–Crippen LogP) is 7.28. The number of carbonyl (C=O) groups is 1. The molecule has 1 amide bonds.